The number of aryl methyl sites for hydroxylation is 2. The summed E-state index contributed by atoms with van der Waals surface area (Å²) in [5, 5.41) is 2.01. The van der Waals surface area contributed by atoms with E-state index in [1.807, 2.05) is 50.2 Å². The lowest BCUT2D eigenvalue weighted by Gasteiger charge is -2.00. The van der Waals surface area contributed by atoms with Gasteiger partial charge in [-0.1, -0.05) is 18.2 Å². The predicted octanol–water partition coefficient (Wildman–Crippen LogP) is 4.05. The number of rotatable bonds is 1. The second kappa shape index (κ2) is 4.38. The Kier molecular flexibility index (Phi) is 2.51. The van der Waals surface area contributed by atoms with Gasteiger partial charge in [0.25, 0.3) is 0 Å². The van der Waals surface area contributed by atoms with E-state index < -0.39 is 0 Å². The number of fused-ring (bicyclic) bond motifs is 3. The molecule has 0 spiro atoms. The van der Waals surface area contributed by atoms with Crippen molar-refractivity contribution in [1.29, 1.82) is 0 Å². The summed E-state index contributed by atoms with van der Waals surface area (Å²) in [6.07, 6.45) is 1.78. The van der Waals surface area contributed by atoms with Gasteiger partial charge in [-0.2, -0.15) is 4.98 Å². The lowest BCUT2D eigenvalue weighted by Crippen LogP contribution is -1.90. The third-order valence-corrected chi connectivity index (χ3v) is 3.59. The van der Waals surface area contributed by atoms with Crippen LogP contribution in [0.2, 0.25) is 0 Å². The topological polar surface area (TPSA) is 51.8 Å². The summed E-state index contributed by atoms with van der Waals surface area (Å²) < 4.78 is 6.01. The highest BCUT2D eigenvalue weighted by Gasteiger charge is 2.15. The molecule has 4 heteroatoms. The maximum atomic E-state index is 6.01. The molecule has 0 atom stereocenters. The fraction of sp³-hybridized carbons (Fsp3) is 0.118. The highest BCUT2D eigenvalue weighted by atomic mass is 16.3. The van der Waals surface area contributed by atoms with Crippen molar-refractivity contribution in [1.82, 2.24) is 15.0 Å². The molecule has 4 nitrogen and oxygen atoms in total. The molecule has 102 valence electrons. The van der Waals surface area contributed by atoms with E-state index in [2.05, 4.69) is 15.0 Å². The number of benzene rings is 1. The van der Waals surface area contributed by atoms with Crippen LogP contribution in [0.4, 0.5) is 0 Å². The second-order valence-electron chi connectivity index (χ2n) is 5.04. The van der Waals surface area contributed by atoms with Crippen LogP contribution in [0.3, 0.4) is 0 Å². The first-order valence-electron chi connectivity index (χ1n) is 6.82. The summed E-state index contributed by atoms with van der Waals surface area (Å²) in [6.45, 7) is 3.86. The van der Waals surface area contributed by atoms with Crippen LogP contribution in [0, 0.1) is 13.8 Å². The minimum atomic E-state index is 0.637. The Hall–Kier alpha value is -2.75. The van der Waals surface area contributed by atoms with Gasteiger partial charge in [-0.15, -0.1) is 0 Å². The average Bonchev–Trinajstić information content (AvgIpc) is 2.86. The quantitative estimate of drug-likeness (QED) is 0.525. The molecule has 0 amide bonds. The van der Waals surface area contributed by atoms with E-state index in [0.717, 1.165) is 39.1 Å². The van der Waals surface area contributed by atoms with Crippen molar-refractivity contribution in [3.63, 3.8) is 0 Å². The van der Waals surface area contributed by atoms with E-state index >= 15 is 0 Å². The molecule has 0 unspecified atom stereocenters. The van der Waals surface area contributed by atoms with Crippen molar-refractivity contribution in [2.45, 2.75) is 13.8 Å². The number of hydrogen-bond donors (Lipinski definition) is 0. The van der Waals surface area contributed by atoms with Gasteiger partial charge in [-0.25, -0.2) is 4.98 Å². The Bertz CT molecular complexity index is 958. The van der Waals surface area contributed by atoms with Gasteiger partial charge in [-0.05, 0) is 32.0 Å². The summed E-state index contributed by atoms with van der Waals surface area (Å²) in [6, 6.07) is 11.9. The number of furan rings is 1. The smallest absolute Gasteiger partial charge is 0.230 e. The molecule has 3 aromatic heterocycles. The van der Waals surface area contributed by atoms with Crippen molar-refractivity contribution >= 4 is 22.1 Å². The lowest BCUT2D eigenvalue weighted by atomic mass is 10.1. The molecule has 4 rings (SSSR count). The highest BCUT2D eigenvalue weighted by Crippen LogP contribution is 2.35. The molecule has 0 N–H and O–H groups in total. The summed E-state index contributed by atoms with van der Waals surface area (Å²) in [5.74, 6) is 0.721. The van der Waals surface area contributed by atoms with E-state index in [-0.39, 0.29) is 0 Å². The Morgan fingerprint density at radius 3 is 2.67 bits per heavy atom. The van der Waals surface area contributed by atoms with Crippen LogP contribution in [0.5, 0.6) is 0 Å². The normalized spacial score (nSPS) is 11.3. The van der Waals surface area contributed by atoms with Crippen LogP contribution < -0.4 is 0 Å². The van der Waals surface area contributed by atoms with Crippen LogP contribution in [-0.2, 0) is 0 Å². The van der Waals surface area contributed by atoms with Gasteiger partial charge < -0.3 is 4.42 Å². The number of hydrogen-bond acceptors (Lipinski definition) is 4. The zero-order chi connectivity index (χ0) is 14.4. The first-order chi connectivity index (χ1) is 10.2. The van der Waals surface area contributed by atoms with Crippen molar-refractivity contribution in [3.05, 3.63) is 54.1 Å². The summed E-state index contributed by atoms with van der Waals surface area (Å²) in [4.78, 5) is 13.3. The van der Waals surface area contributed by atoms with E-state index in [0.29, 0.717) is 5.71 Å². The molecule has 0 bridgehead atoms. The third-order valence-electron chi connectivity index (χ3n) is 3.59. The molecule has 0 saturated carbocycles. The third kappa shape index (κ3) is 1.80. The molecule has 0 aliphatic heterocycles. The van der Waals surface area contributed by atoms with Crippen LogP contribution in [-0.4, -0.2) is 15.0 Å². The van der Waals surface area contributed by atoms with E-state index in [9.17, 15) is 0 Å². The molecule has 0 aliphatic carbocycles. The molecule has 4 aromatic rings. The van der Waals surface area contributed by atoms with Crippen molar-refractivity contribution in [2.24, 2.45) is 0 Å². The first kappa shape index (κ1) is 12.0. The number of aromatic nitrogens is 3. The second-order valence-corrected chi connectivity index (χ2v) is 5.04. The minimum absolute atomic E-state index is 0.637. The van der Waals surface area contributed by atoms with Crippen LogP contribution in [0.25, 0.3) is 33.3 Å². The fourth-order valence-electron chi connectivity index (χ4n) is 2.73. The minimum Gasteiger partial charge on any atom is -0.437 e. The van der Waals surface area contributed by atoms with Gasteiger partial charge in [-0.3, -0.25) is 4.98 Å². The number of para-hydroxylation sites is 1. The maximum Gasteiger partial charge on any atom is 0.230 e. The van der Waals surface area contributed by atoms with E-state index in [1.165, 1.54) is 0 Å². The number of pyridine rings is 1. The molecule has 0 radical (unpaired) electrons. The molecule has 21 heavy (non-hydrogen) atoms. The standard InChI is InChI=1S/C17H13N3O/c1-10-15-13-7-5-6-12(14-8-3-4-9-18-14)16(13)21-17(15)20-11(2)19-10/h3-9H,1-2H3. The molecule has 0 aliphatic rings. The van der Waals surface area contributed by atoms with E-state index in [4.69, 9.17) is 4.42 Å². The molecule has 3 heterocycles. The largest absolute Gasteiger partial charge is 0.437 e. The van der Waals surface area contributed by atoms with Gasteiger partial charge in [0.15, 0.2) is 0 Å². The SMILES string of the molecule is Cc1nc(C)c2c(n1)oc1c(-c3ccccn3)cccc12. The first-order valence-corrected chi connectivity index (χ1v) is 6.82. The summed E-state index contributed by atoms with van der Waals surface area (Å²) in [7, 11) is 0. The monoisotopic (exact) mass is 275 g/mol. The van der Waals surface area contributed by atoms with Crippen LogP contribution in [0.15, 0.2) is 47.0 Å². The zero-order valence-corrected chi connectivity index (χ0v) is 11.8. The van der Waals surface area contributed by atoms with Gasteiger partial charge >= 0.3 is 0 Å². The maximum absolute atomic E-state index is 6.01. The Balaban J connectivity index is 2.14. The average molecular weight is 275 g/mol. The molecule has 0 saturated heterocycles. The molecule has 1 aromatic carbocycles. The summed E-state index contributed by atoms with van der Waals surface area (Å²) >= 11 is 0. The van der Waals surface area contributed by atoms with Crippen molar-refractivity contribution < 1.29 is 4.42 Å². The number of nitrogens with zero attached hydrogens (tertiary/aromatic N) is 3. The highest BCUT2D eigenvalue weighted by molar-refractivity contribution is 6.09. The molecule has 0 fully saturated rings. The van der Waals surface area contributed by atoms with Gasteiger partial charge in [0.05, 0.1) is 16.8 Å². The predicted molar refractivity (Wildman–Crippen MR) is 82.0 cm³/mol. The van der Waals surface area contributed by atoms with Gasteiger partial charge in [0, 0.05) is 17.1 Å². The van der Waals surface area contributed by atoms with Crippen molar-refractivity contribution in [2.75, 3.05) is 0 Å². The molecular formula is C17H13N3O. The van der Waals surface area contributed by atoms with Crippen LogP contribution in [0.1, 0.15) is 11.5 Å². The zero-order valence-electron chi connectivity index (χ0n) is 11.8. The molecular weight excluding hydrogens is 262 g/mol. The fourth-order valence-corrected chi connectivity index (χ4v) is 2.73. The Morgan fingerprint density at radius 2 is 1.86 bits per heavy atom. The Labute approximate surface area is 121 Å². The van der Waals surface area contributed by atoms with Gasteiger partial charge in [0.1, 0.15) is 11.4 Å². The van der Waals surface area contributed by atoms with E-state index in [1.54, 1.807) is 6.20 Å². The Morgan fingerprint density at radius 1 is 0.952 bits per heavy atom. The van der Waals surface area contributed by atoms with Crippen LogP contribution >= 0.6 is 0 Å². The summed E-state index contributed by atoms with van der Waals surface area (Å²) in [5.41, 5.74) is 4.26. The lowest BCUT2D eigenvalue weighted by molar-refractivity contribution is 0.651. The van der Waals surface area contributed by atoms with Gasteiger partial charge in [0.2, 0.25) is 5.71 Å². The van der Waals surface area contributed by atoms with Crippen molar-refractivity contribution in [3.8, 4) is 11.3 Å².